The van der Waals surface area contributed by atoms with Crippen molar-refractivity contribution in [2.24, 2.45) is 5.92 Å². The summed E-state index contributed by atoms with van der Waals surface area (Å²) in [6.07, 6.45) is 9.95. The lowest BCUT2D eigenvalue weighted by atomic mass is 9.88. The van der Waals surface area contributed by atoms with Crippen LogP contribution in [0.5, 0.6) is 0 Å². The lowest BCUT2D eigenvalue weighted by Gasteiger charge is -2.35. The van der Waals surface area contributed by atoms with Crippen molar-refractivity contribution in [1.29, 1.82) is 0 Å². The number of nitrogens with zero attached hydrogens (tertiary/aromatic N) is 1. The van der Waals surface area contributed by atoms with Crippen molar-refractivity contribution in [3.05, 3.63) is 0 Å². The van der Waals surface area contributed by atoms with Gasteiger partial charge in [0.05, 0.1) is 0 Å². The van der Waals surface area contributed by atoms with E-state index in [1.54, 1.807) is 0 Å². The number of hydrogen-bond donors (Lipinski definition) is 1. The van der Waals surface area contributed by atoms with Crippen molar-refractivity contribution in [3.8, 4) is 0 Å². The zero-order chi connectivity index (χ0) is 12.1. The van der Waals surface area contributed by atoms with Gasteiger partial charge in [0.1, 0.15) is 0 Å². The number of hydrogen-bond acceptors (Lipinski definition) is 2. The third-order valence-corrected chi connectivity index (χ3v) is 4.80. The van der Waals surface area contributed by atoms with Gasteiger partial charge >= 0.3 is 0 Å². The third-order valence-electron chi connectivity index (χ3n) is 4.80. The van der Waals surface area contributed by atoms with E-state index in [1.807, 2.05) is 0 Å². The van der Waals surface area contributed by atoms with Gasteiger partial charge in [0, 0.05) is 18.6 Å². The van der Waals surface area contributed by atoms with E-state index in [2.05, 4.69) is 24.1 Å². The minimum atomic E-state index is 0.352. The largest absolute Gasteiger partial charge is 0.310 e. The summed E-state index contributed by atoms with van der Waals surface area (Å²) in [7, 11) is 0. The maximum absolute atomic E-state index is 3.73. The summed E-state index contributed by atoms with van der Waals surface area (Å²) in [5, 5.41) is 3.73. The summed E-state index contributed by atoms with van der Waals surface area (Å²) in [6, 6.07) is 0. The van der Waals surface area contributed by atoms with Gasteiger partial charge in [-0.25, -0.2) is 0 Å². The van der Waals surface area contributed by atoms with Gasteiger partial charge in [0.2, 0.25) is 0 Å². The molecule has 0 aromatic heterocycles. The van der Waals surface area contributed by atoms with Crippen molar-refractivity contribution in [3.63, 3.8) is 0 Å². The molecule has 2 nitrogen and oxygen atoms in total. The van der Waals surface area contributed by atoms with E-state index in [4.69, 9.17) is 0 Å². The van der Waals surface area contributed by atoms with Gasteiger partial charge in [-0.2, -0.15) is 0 Å². The van der Waals surface area contributed by atoms with E-state index in [0.29, 0.717) is 5.54 Å². The van der Waals surface area contributed by atoms with Crippen LogP contribution in [0.4, 0.5) is 0 Å². The molecule has 1 heterocycles. The minimum Gasteiger partial charge on any atom is -0.310 e. The van der Waals surface area contributed by atoms with E-state index >= 15 is 0 Å². The standard InChI is InChI=1S/C15H30N2/c1-3-15(2)13-17(11-7-10-16-15)12-14-8-5-4-6-9-14/h14,16H,3-13H2,1-2H3. The molecular formula is C15H30N2. The molecule has 1 atom stereocenters. The van der Waals surface area contributed by atoms with Gasteiger partial charge in [-0.05, 0) is 51.6 Å². The van der Waals surface area contributed by atoms with Crippen molar-refractivity contribution in [2.45, 2.75) is 64.3 Å². The lowest BCUT2D eigenvalue weighted by Crippen LogP contribution is -2.49. The average molecular weight is 238 g/mol. The predicted octanol–water partition coefficient (Wildman–Crippen LogP) is 3.03. The second kappa shape index (κ2) is 6.19. The first kappa shape index (κ1) is 13.4. The predicted molar refractivity (Wildman–Crippen MR) is 74.3 cm³/mol. The molecule has 0 aromatic rings. The molecule has 0 amide bonds. The highest BCUT2D eigenvalue weighted by Gasteiger charge is 2.28. The molecule has 1 aliphatic carbocycles. The zero-order valence-electron chi connectivity index (χ0n) is 11.8. The fraction of sp³-hybridized carbons (Fsp3) is 1.00. The minimum absolute atomic E-state index is 0.352. The van der Waals surface area contributed by atoms with E-state index in [-0.39, 0.29) is 0 Å². The van der Waals surface area contributed by atoms with Gasteiger partial charge < -0.3 is 10.2 Å². The van der Waals surface area contributed by atoms with Crippen LogP contribution < -0.4 is 5.32 Å². The maximum Gasteiger partial charge on any atom is 0.0277 e. The molecular weight excluding hydrogens is 208 g/mol. The van der Waals surface area contributed by atoms with E-state index < -0.39 is 0 Å². The zero-order valence-corrected chi connectivity index (χ0v) is 11.8. The highest BCUT2D eigenvalue weighted by atomic mass is 15.2. The van der Waals surface area contributed by atoms with Gasteiger partial charge in [-0.1, -0.05) is 26.2 Å². The van der Waals surface area contributed by atoms with Crippen LogP contribution in [0.1, 0.15) is 58.8 Å². The Morgan fingerprint density at radius 3 is 2.65 bits per heavy atom. The Morgan fingerprint density at radius 2 is 1.94 bits per heavy atom. The molecule has 1 N–H and O–H groups in total. The van der Waals surface area contributed by atoms with Crippen molar-refractivity contribution < 1.29 is 0 Å². The van der Waals surface area contributed by atoms with Gasteiger partial charge in [0.15, 0.2) is 0 Å². The van der Waals surface area contributed by atoms with Crippen LogP contribution in [0.25, 0.3) is 0 Å². The summed E-state index contributed by atoms with van der Waals surface area (Å²) in [6.45, 7) is 9.82. The Kier molecular flexibility index (Phi) is 4.87. The molecule has 100 valence electrons. The Hall–Kier alpha value is -0.0800. The molecule has 1 saturated carbocycles. The van der Waals surface area contributed by atoms with Crippen LogP contribution in [-0.4, -0.2) is 36.6 Å². The van der Waals surface area contributed by atoms with E-state index in [9.17, 15) is 0 Å². The summed E-state index contributed by atoms with van der Waals surface area (Å²) in [4.78, 5) is 2.74. The molecule has 0 aromatic carbocycles. The first-order chi connectivity index (χ1) is 8.22. The first-order valence-corrected chi connectivity index (χ1v) is 7.69. The second-order valence-electron chi connectivity index (χ2n) is 6.43. The molecule has 1 aliphatic heterocycles. The molecule has 0 radical (unpaired) electrons. The molecule has 2 aliphatic rings. The van der Waals surface area contributed by atoms with E-state index in [0.717, 1.165) is 5.92 Å². The quantitative estimate of drug-likeness (QED) is 0.813. The van der Waals surface area contributed by atoms with E-state index in [1.165, 1.54) is 71.1 Å². The lowest BCUT2D eigenvalue weighted by molar-refractivity contribution is 0.170. The van der Waals surface area contributed by atoms with Crippen molar-refractivity contribution in [2.75, 3.05) is 26.2 Å². The van der Waals surface area contributed by atoms with Crippen LogP contribution >= 0.6 is 0 Å². The molecule has 2 heteroatoms. The first-order valence-electron chi connectivity index (χ1n) is 7.69. The Balaban J connectivity index is 1.85. The topological polar surface area (TPSA) is 15.3 Å². The molecule has 2 fully saturated rings. The van der Waals surface area contributed by atoms with Crippen LogP contribution in [0.3, 0.4) is 0 Å². The highest BCUT2D eigenvalue weighted by molar-refractivity contribution is 4.88. The Bertz CT molecular complexity index is 223. The Morgan fingerprint density at radius 1 is 1.18 bits per heavy atom. The van der Waals surface area contributed by atoms with Crippen molar-refractivity contribution >= 4 is 0 Å². The van der Waals surface area contributed by atoms with Crippen LogP contribution in [0, 0.1) is 5.92 Å². The molecule has 1 saturated heterocycles. The van der Waals surface area contributed by atoms with Crippen LogP contribution in [0.2, 0.25) is 0 Å². The third kappa shape index (κ3) is 3.96. The van der Waals surface area contributed by atoms with Gasteiger partial charge in [0.25, 0.3) is 0 Å². The smallest absolute Gasteiger partial charge is 0.0277 e. The number of nitrogens with one attached hydrogen (secondary N) is 1. The van der Waals surface area contributed by atoms with Crippen LogP contribution in [-0.2, 0) is 0 Å². The van der Waals surface area contributed by atoms with Gasteiger partial charge in [-0.3, -0.25) is 0 Å². The summed E-state index contributed by atoms with van der Waals surface area (Å²) < 4.78 is 0. The molecule has 17 heavy (non-hydrogen) atoms. The monoisotopic (exact) mass is 238 g/mol. The number of rotatable bonds is 3. The normalized spacial score (nSPS) is 33.5. The summed E-state index contributed by atoms with van der Waals surface area (Å²) in [5.41, 5.74) is 0.352. The fourth-order valence-corrected chi connectivity index (χ4v) is 3.45. The molecule has 1 unspecified atom stereocenters. The van der Waals surface area contributed by atoms with Crippen molar-refractivity contribution in [1.82, 2.24) is 10.2 Å². The van der Waals surface area contributed by atoms with Gasteiger partial charge in [-0.15, -0.1) is 0 Å². The molecule has 2 rings (SSSR count). The molecule has 0 bridgehead atoms. The average Bonchev–Trinajstić information content (AvgIpc) is 2.53. The van der Waals surface area contributed by atoms with Crippen LogP contribution in [0.15, 0.2) is 0 Å². The summed E-state index contributed by atoms with van der Waals surface area (Å²) in [5.74, 6) is 0.989. The second-order valence-corrected chi connectivity index (χ2v) is 6.43. The maximum atomic E-state index is 3.73. The fourth-order valence-electron chi connectivity index (χ4n) is 3.45. The Labute approximate surface area is 107 Å². The summed E-state index contributed by atoms with van der Waals surface area (Å²) >= 11 is 0. The highest BCUT2D eigenvalue weighted by Crippen LogP contribution is 2.25. The molecule has 0 spiro atoms. The SMILES string of the molecule is CCC1(C)CN(CC2CCCCC2)CCCN1.